The van der Waals surface area contributed by atoms with E-state index in [1.165, 1.54) is 16.3 Å². The molecule has 2 aliphatic rings. The number of aromatic nitrogens is 1. The van der Waals surface area contributed by atoms with Crippen LogP contribution >= 0.6 is 0 Å². The van der Waals surface area contributed by atoms with Gasteiger partial charge in [0.05, 0.1) is 5.52 Å². The molecule has 0 fully saturated rings. The Morgan fingerprint density at radius 1 is 0.970 bits per heavy atom. The van der Waals surface area contributed by atoms with Crippen molar-refractivity contribution in [2.45, 2.75) is 27.3 Å². The van der Waals surface area contributed by atoms with E-state index in [1.54, 1.807) is 25.2 Å². The highest BCUT2D eigenvalue weighted by molar-refractivity contribution is 6.09. The Bertz CT molecular complexity index is 1560. The monoisotopic (exact) mass is 431 g/mol. The molecule has 160 valence electrons. The first-order chi connectivity index (χ1) is 16.0. The van der Waals surface area contributed by atoms with Gasteiger partial charge in [-0.25, -0.2) is 0 Å². The van der Waals surface area contributed by atoms with Crippen molar-refractivity contribution in [3.63, 3.8) is 0 Å². The van der Waals surface area contributed by atoms with E-state index in [9.17, 15) is 10.5 Å². The van der Waals surface area contributed by atoms with E-state index < -0.39 is 0 Å². The smallest absolute Gasteiger partial charge is 0.137 e. The van der Waals surface area contributed by atoms with Crippen LogP contribution in [0.15, 0.2) is 89.1 Å². The quantitative estimate of drug-likeness (QED) is 0.426. The minimum Gasteiger partial charge on any atom is -0.462 e. The minimum absolute atomic E-state index is 0.0463. The van der Waals surface area contributed by atoms with Gasteiger partial charge >= 0.3 is 0 Å². The predicted molar refractivity (Wildman–Crippen MR) is 129 cm³/mol. The Kier molecular flexibility index (Phi) is 4.89. The molecule has 0 unspecified atom stereocenters. The molecule has 5 nitrogen and oxygen atoms in total. The summed E-state index contributed by atoms with van der Waals surface area (Å²) < 4.78 is 14.4. The minimum atomic E-state index is 0.0463. The first-order valence-electron chi connectivity index (χ1n) is 10.8. The van der Waals surface area contributed by atoms with Crippen LogP contribution in [0.5, 0.6) is 5.75 Å². The maximum atomic E-state index is 9.22. The highest BCUT2D eigenvalue weighted by atomic mass is 16.5. The predicted octanol–water partition coefficient (Wildman–Crippen LogP) is 6.66. The summed E-state index contributed by atoms with van der Waals surface area (Å²) in [4.78, 5) is 0. The number of para-hydroxylation sites is 1. The van der Waals surface area contributed by atoms with Gasteiger partial charge in [-0.3, -0.25) is 0 Å². The van der Waals surface area contributed by atoms with Crippen LogP contribution in [0.2, 0.25) is 0 Å². The molecule has 0 amide bonds. The van der Waals surface area contributed by atoms with Crippen molar-refractivity contribution in [1.82, 2.24) is 4.57 Å². The molecular weight excluding hydrogens is 410 g/mol. The van der Waals surface area contributed by atoms with Crippen molar-refractivity contribution >= 4 is 27.4 Å². The van der Waals surface area contributed by atoms with E-state index in [-0.39, 0.29) is 5.57 Å². The lowest BCUT2D eigenvalue weighted by Gasteiger charge is -2.20. The van der Waals surface area contributed by atoms with Crippen LogP contribution in [0.1, 0.15) is 26.3 Å². The van der Waals surface area contributed by atoms with E-state index in [2.05, 4.69) is 54.8 Å². The molecule has 0 aliphatic carbocycles. The molecule has 0 saturated heterocycles. The van der Waals surface area contributed by atoms with E-state index in [0.29, 0.717) is 22.9 Å². The summed E-state index contributed by atoms with van der Waals surface area (Å²) in [6.07, 6.45) is 7.13. The molecule has 0 saturated carbocycles. The van der Waals surface area contributed by atoms with Crippen LogP contribution in [-0.4, -0.2) is 4.57 Å². The highest BCUT2D eigenvalue weighted by Crippen LogP contribution is 2.40. The fraction of sp³-hybridized carbons (Fsp3) is 0.143. The molecule has 1 aromatic heterocycles. The van der Waals surface area contributed by atoms with E-state index >= 15 is 0 Å². The number of nitriles is 2. The van der Waals surface area contributed by atoms with E-state index in [1.807, 2.05) is 18.2 Å². The maximum Gasteiger partial charge on any atom is 0.137 e. The van der Waals surface area contributed by atoms with Gasteiger partial charge in [0.1, 0.15) is 40.7 Å². The van der Waals surface area contributed by atoms with Gasteiger partial charge in [0, 0.05) is 46.1 Å². The summed E-state index contributed by atoms with van der Waals surface area (Å²) in [5.74, 6) is 2.54. The number of rotatable bonds is 2. The zero-order chi connectivity index (χ0) is 23.1. The molecule has 3 heterocycles. The largest absolute Gasteiger partial charge is 0.462 e. The Hall–Kier alpha value is -4.48. The number of nitrogens with zero attached hydrogens (tertiary/aromatic N) is 3. The topological polar surface area (TPSA) is 71.0 Å². The average Bonchev–Trinajstić information content (AvgIpc) is 3.11. The molecule has 5 heteroatoms. The SMILES string of the molecule is CCn1c2ccccc2c2cc3c(cc21)O/C(=C/C1=CC(=C(C#N)C#N)C=C(C)O1)C=C3C. The van der Waals surface area contributed by atoms with Crippen molar-refractivity contribution in [2.75, 3.05) is 0 Å². The standard InChI is InChI=1S/C28H21N3O2/c1-4-31-26-8-6-5-7-23(26)25-13-24-17(2)9-21(33-28(24)14-27(25)31)12-22-11-19(10-18(3)32-22)20(15-29)16-30/h5-14H,4H2,1-3H3/b21-12+. The normalized spacial score (nSPS) is 16.2. The van der Waals surface area contributed by atoms with Gasteiger partial charge in [0.25, 0.3) is 0 Å². The molecule has 2 aromatic carbocycles. The fourth-order valence-electron chi connectivity index (χ4n) is 4.50. The first-order valence-corrected chi connectivity index (χ1v) is 10.8. The molecule has 0 bridgehead atoms. The van der Waals surface area contributed by atoms with Gasteiger partial charge in [0.2, 0.25) is 0 Å². The molecule has 0 N–H and O–H groups in total. The van der Waals surface area contributed by atoms with Crippen LogP contribution < -0.4 is 4.74 Å². The van der Waals surface area contributed by atoms with Crippen molar-refractivity contribution in [3.05, 3.63) is 94.7 Å². The zero-order valence-electron chi connectivity index (χ0n) is 18.6. The van der Waals surface area contributed by atoms with Crippen LogP contribution in [-0.2, 0) is 11.3 Å². The number of benzene rings is 2. The molecule has 3 aromatic rings. The Morgan fingerprint density at radius 2 is 1.76 bits per heavy atom. The van der Waals surface area contributed by atoms with Crippen LogP contribution in [0, 0.1) is 22.7 Å². The highest BCUT2D eigenvalue weighted by Gasteiger charge is 2.20. The number of hydrogen-bond donors (Lipinski definition) is 0. The van der Waals surface area contributed by atoms with Crippen LogP contribution in [0.3, 0.4) is 0 Å². The van der Waals surface area contributed by atoms with Gasteiger partial charge in [-0.15, -0.1) is 0 Å². The lowest BCUT2D eigenvalue weighted by atomic mass is 9.99. The van der Waals surface area contributed by atoms with Crippen molar-refractivity contribution in [2.24, 2.45) is 0 Å². The number of ether oxygens (including phenoxy) is 2. The molecular formula is C28H21N3O2. The molecule has 2 aliphatic heterocycles. The van der Waals surface area contributed by atoms with Crippen LogP contribution in [0.4, 0.5) is 0 Å². The first kappa shape index (κ1) is 20.4. The summed E-state index contributed by atoms with van der Waals surface area (Å²) in [6, 6.07) is 16.6. The zero-order valence-corrected chi connectivity index (χ0v) is 18.6. The van der Waals surface area contributed by atoms with Gasteiger partial charge in [-0.05, 0) is 56.7 Å². The van der Waals surface area contributed by atoms with Gasteiger partial charge in [-0.1, -0.05) is 18.2 Å². The number of hydrogen-bond acceptors (Lipinski definition) is 4. The number of fused-ring (bicyclic) bond motifs is 4. The molecule has 5 rings (SSSR count). The lowest BCUT2D eigenvalue weighted by molar-refractivity contribution is 0.313. The number of allylic oxidation sites excluding steroid dienone is 8. The molecule has 0 radical (unpaired) electrons. The molecule has 0 spiro atoms. The second kappa shape index (κ2) is 7.89. The van der Waals surface area contributed by atoms with Gasteiger partial charge < -0.3 is 14.0 Å². The lowest BCUT2D eigenvalue weighted by Crippen LogP contribution is -2.05. The summed E-state index contributed by atoms with van der Waals surface area (Å²) >= 11 is 0. The fourth-order valence-corrected chi connectivity index (χ4v) is 4.50. The summed E-state index contributed by atoms with van der Waals surface area (Å²) in [7, 11) is 0. The Labute approximate surface area is 192 Å². The Balaban J connectivity index is 1.61. The second-order valence-corrected chi connectivity index (χ2v) is 8.06. The van der Waals surface area contributed by atoms with E-state index in [0.717, 1.165) is 28.9 Å². The van der Waals surface area contributed by atoms with Crippen LogP contribution in [0.25, 0.3) is 27.4 Å². The van der Waals surface area contributed by atoms with Gasteiger partial charge in [0.15, 0.2) is 0 Å². The summed E-state index contributed by atoms with van der Waals surface area (Å²) in [5, 5.41) is 20.9. The third-order valence-corrected chi connectivity index (χ3v) is 5.93. The average molecular weight is 431 g/mol. The van der Waals surface area contributed by atoms with E-state index in [4.69, 9.17) is 9.47 Å². The number of aryl methyl sites for hydroxylation is 1. The van der Waals surface area contributed by atoms with Crippen molar-refractivity contribution in [1.29, 1.82) is 10.5 Å². The maximum absolute atomic E-state index is 9.22. The van der Waals surface area contributed by atoms with Gasteiger partial charge in [-0.2, -0.15) is 10.5 Å². The summed E-state index contributed by atoms with van der Waals surface area (Å²) in [5.41, 5.74) is 5.07. The second-order valence-electron chi connectivity index (χ2n) is 8.06. The molecule has 33 heavy (non-hydrogen) atoms. The third kappa shape index (κ3) is 3.41. The van der Waals surface area contributed by atoms with Crippen molar-refractivity contribution < 1.29 is 9.47 Å². The molecule has 0 atom stereocenters. The summed E-state index contributed by atoms with van der Waals surface area (Å²) in [6.45, 7) is 6.86. The Morgan fingerprint density at radius 3 is 2.52 bits per heavy atom. The van der Waals surface area contributed by atoms with Crippen molar-refractivity contribution in [3.8, 4) is 17.9 Å². The third-order valence-electron chi connectivity index (χ3n) is 5.93.